The molecule has 0 amide bonds. The Morgan fingerprint density at radius 3 is 3.11 bits per heavy atom. The molecule has 0 bridgehead atoms. The molecule has 0 aromatic heterocycles. The predicted octanol–water partition coefficient (Wildman–Crippen LogP) is 0.538. The lowest BCUT2D eigenvalue weighted by atomic mass is 9.83. The largest absolute Gasteiger partial charge is 0.480 e. The van der Waals surface area contributed by atoms with E-state index in [0.717, 1.165) is 6.42 Å². The van der Waals surface area contributed by atoms with Crippen LogP contribution in [0, 0.1) is 0 Å². The molecule has 6 nitrogen and oxygen atoms in total. The quantitative estimate of drug-likeness (QED) is 0.653. The second kappa shape index (κ2) is 4.21. The molecule has 2 fully saturated rings. The van der Waals surface area contributed by atoms with E-state index in [2.05, 4.69) is 5.32 Å². The second-order valence-electron chi connectivity index (χ2n) is 5.08. The van der Waals surface area contributed by atoms with Gasteiger partial charge in [0.15, 0.2) is 6.23 Å². The van der Waals surface area contributed by atoms with E-state index in [1.54, 1.807) is 7.05 Å². The van der Waals surface area contributed by atoms with E-state index in [9.17, 15) is 9.90 Å². The molecule has 0 unspecified atom stereocenters. The molecule has 2 aliphatic heterocycles. The fraction of sp³-hybridized carbons (Fsp3) is 0.583. The fourth-order valence-electron chi connectivity index (χ4n) is 2.96. The van der Waals surface area contributed by atoms with Gasteiger partial charge in [0.1, 0.15) is 11.6 Å². The maximum Gasteiger partial charge on any atom is 0.320 e. The van der Waals surface area contributed by atoms with Gasteiger partial charge in [-0.1, -0.05) is 17.7 Å². The number of carbonyl (C=O) groups is 1. The first-order valence-corrected chi connectivity index (χ1v) is 6.52. The van der Waals surface area contributed by atoms with Gasteiger partial charge in [-0.15, -0.1) is 0 Å². The number of rotatable bonds is 1. The van der Waals surface area contributed by atoms with Gasteiger partial charge < -0.3 is 10.2 Å². The van der Waals surface area contributed by atoms with Gasteiger partial charge in [-0.2, -0.15) is 0 Å². The van der Waals surface area contributed by atoms with Crippen LogP contribution < -0.4 is 5.32 Å². The summed E-state index contributed by atoms with van der Waals surface area (Å²) in [4.78, 5) is 16.7. The molecule has 3 aliphatic rings. The van der Waals surface area contributed by atoms with Crippen LogP contribution in [0.25, 0.3) is 0 Å². The maximum absolute atomic E-state index is 11.1. The summed E-state index contributed by atoms with van der Waals surface area (Å²) in [6.45, 7) is 0. The minimum atomic E-state index is -1.34. The fourth-order valence-corrected chi connectivity index (χ4v) is 3.29. The van der Waals surface area contributed by atoms with Gasteiger partial charge in [-0.3, -0.25) is 20.0 Å². The number of fused-ring (bicyclic) bond motifs is 3. The zero-order chi connectivity index (χ0) is 13.8. The van der Waals surface area contributed by atoms with Gasteiger partial charge in [-0.05, 0) is 12.8 Å². The van der Waals surface area contributed by atoms with Crippen molar-refractivity contribution in [3.8, 4) is 0 Å². The lowest BCUT2D eigenvalue weighted by Crippen LogP contribution is -2.55. The Bertz CT molecular complexity index is 504. The van der Waals surface area contributed by atoms with E-state index >= 15 is 0 Å². The van der Waals surface area contributed by atoms with Crippen molar-refractivity contribution in [2.75, 3.05) is 7.05 Å². The number of allylic oxidation sites excluding steroid dienone is 2. The summed E-state index contributed by atoms with van der Waals surface area (Å²) in [5.74, 6) is -0.998. The van der Waals surface area contributed by atoms with Crippen LogP contribution in [0.5, 0.6) is 0 Å². The van der Waals surface area contributed by atoms with Crippen molar-refractivity contribution in [2.24, 2.45) is 0 Å². The van der Waals surface area contributed by atoms with Gasteiger partial charge in [0.25, 0.3) is 0 Å². The average Bonchev–Trinajstić information content (AvgIpc) is 2.68. The standard InChI is InChI=1S/C12H15ClN2O4/c1-15-9-6(3-2-4-7(9)13)12(18)5-8(10(16)17)14-11(12)19-15/h3,8,11,14,18H,2,4-5H2,1H3,(H,16,17)/t8-,11+,12+/m0/s1. The van der Waals surface area contributed by atoms with Crippen molar-refractivity contribution >= 4 is 17.6 Å². The molecular weight excluding hydrogens is 272 g/mol. The van der Waals surface area contributed by atoms with Gasteiger partial charge >= 0.3 is 5.97 Å². The number of aliphatic carboxylic acids is 1. The van der Waals surface area contributed by atoms with Crippen LogP contribution in [0.1, 0.15) is 19.3 Å². The number of hydrogen-bond donors (Lipinski definition) is 3. The minimum Gasteiger partial charge on any atom is -0.480 e. The van der Waals surface area contributed by atoms with Crippen molar-refractivity contribution in [1.29, 1.82) is 0 Å². The van der Waals surface area contributed by atoms with Crippen LogP contribution in [0.3, 0.4) is 0 Å². The summed E-state index contributed by atoms with van der Waals surface area (Å²) in [7, 11) is 1.70. The van der Waals surface area contributed by atoms with Crippen molar-refractivity contribution in [1.82, 2.24) is 10.4 Å². The van der Waals surface area contributed by atoms with Crippen LogP contribution in [0.2, 0.25) is 0 Å². The summed E-state index contributed by atoms with van der Waals surface area (Å²) in [5, 5.41) is 24.8. The average molecular weight is 287 g/mol. The molecule has 19 heavy (non-hydrogen) atoms. The SMILES string of the molecule is CN1O[C@H]2N[C@H](C(=O)O)C[C@@]2(O)C2=CCCC(Cl)=C21. The van der Waals surface area contributed by atoms with E-state index in [1.165, 1.54) is 5.06 Å². The Morgan fingerprint density at radius 1 is 1.68 bits per heavy atom. The minimum absolute atomic E-state index is 0.0698. The van der Waals surface area contributed by atoms with Gasteiger partial charge in [0.05, 0.1) is 5.70 Å². The number of carboxylic acids is 1. The maximum atomic E-state index is 11.1. The van der Waals surface area contributed by atoms with Crippen molar-refractivity contribution < 1.29 is 19.8 Å². The molecule has 0 saturated carbocycles. The van der Waals surface area contributed by atoms with E-state index in [-0.39, 0.29) is 6.42 Å². The highest BCUT2D eigenvalue weighted by Crippen LogP contribution is 2.46. The van der Waals surface area contributed by atoms with Gasteiger partial charge in [0, 0.05) is 24.1 Å². The number of aliphatic hydroxyl groups is 1. The molecular formula is C12H15ClN2O4. The first kappa shape index (κ1) is 12.9. The predicted molar refractivity (Wildman–Crippen MR) is 67.0 cm³/mol. The first-order chi connectivity index (χ1) is 8.93. The number of nitrogens with zero attached hydrogens (tertiary/aromatic N) is 1. The topological polar surface area (TPSA) is 82.0 Å². The third-order valence-electron chi connectivity index (χ3n) is 3.87. The lowest BCUT2D eigenvalue weighted by molar-refractivity contribution is -0.227. The normalized spacial score (nSPS) is 37.8. The first-order valence-electron chi connectivity index (χ1n) is 6.15. The molecule has 104 valence electrons. The molecule has 7 heteroatoms. The smallest absolute Gasteiger partial charge is 0.320 e. The van der Waals surface area contributed by atoms with Gasteiger partial charge in [-0.25, -0.2) is 0 Å². The number of carboxylic acid groups (broad SMARTS) is 1. The summed E-state index contributed by atoms with van der Waals surface area (Å²) in [6, 6.07) is -0.829. The lowest BCUT2D eigenvalue weighted by Gasteiger charge is -2.44. The summed E-state index contributed by atoms with van der Waals surface area (Å²) >= 11 is 6.21. The van der Waals surface area contributed by atoms with E-state index in [1.807, 2.05) is 6.08 Å². The summed E-state index contributed by atoms with van der Waals surface area (Å²) < 4.78 is 0. The second-order valence-corrected chi connectivity index (χ2v) is 5.54. The van der Waals surface area contributed by atoms with Crippen molar-refractivity contribution in [3.63, 3.8) is 0 Å². The molecule has 0 aromatic carbocycles. The molecule has 0 spiro atoms. The number of hydroxylamine groups is 2. The van der Waals surface area contributed by atoms with Crippen molar-refractivity contribution in [2.45, 2.75) is 37.1 Å². The Balaban J connectivity index is 2.03. The zero-order valence-electron chi connectivity index (χ0n) is 10.4. The monoisotopic (exact) mass is 286 g/mol. The Morgan fingerprint density at radius 2 is 2.42 bits per heavy atom. The van der Waals surface area contributed by atoms with Crippen LogP contribution in [-0.4, -0.2) is 46.2 Å². The molecule has 1 aliphatic carbocycles. The Labute approximate surface area is 115 Å². The summed E-state index contributed by atoms with van der Waals surface area (Å²) in [5.41, 5.74) is -0.0240. The molecule has 2 heterocycles. The third kappa shape index (κ3) is 1.79. The molecule has 0 radical (unpaired) electrons. The molecule has 3 N–H and O–H groups in total. The molecule has 3 atom stereocenters. The third-order valence-corrected chi connectivity index (χ3v) is 4.24. The number of nitrogens with one attached hydrogen (secondary N) is 1. The van der Waals surface area contributed by atoms with Crippen LogP contribution in [-0.2, 0) is 9.63 Å². The van der Waals surface area contributed by atoms with E-state index in [0.29, 0.717) is 22.7 Å². The number of likely N-dealkylation sites (N-methyl/N-ethyl adjacent to an activating group) is 1. The van der Waals surface area contributed by atoms with Crippen LogP contribution >= 0.6 is 11.6 Å². The van der Waals surface area contributed by atoms with Crippen LogP contribution in [0.15, 0.2) is 22.4 Å². The Kier molecular flexibility index (Phi) is 2.86. The molecule has 2 saturated heterocycles. The highest BCUT2D eigenvalue weighted by atomic mass is 35.5. The highest BCUT2D eigenvalue weighted by Gasteiger charge is 2.56. The van der Waals surface area contributed by atoms with Crippen LogP contribution in [0.4, 0.5) is 0 Å². The Hall–Kier alpha value is -1.08. The zero-order valence-corrected chi connectivity index (χ0v) is 11.1. The molecule has 3 rings (SSSR count). The number of halogens is 1. The molecule has 0 aromatic rings. The summed E-state index contributed by atoms with van der Waals surface area (Å²) in [6.07, 6.45) is 2.65. The van der Waals surface area contributed by atoms with Gasteiger partial charge in [0.2, 0.25) is 0 Å². The highest BCUT2D eigenvalue weighted by molar-refractivity contribution is 6.30. The van der Waals surface area contributed by atoms with E-state index < -0.39 is 23.8 Å². The van der Waals surface area contributed by atoms with Crippen molar-refractivity contribution in [3.05, 3.63) is 22.4 Å². The van der Waals surface area contributed by atoms with E-state index in [4.69, 9.17) is 21.5 Å². The number of hydrogen-bond acceptors (Lipinski definition) is 5.